The van der Waals surface area contributed by atoms with Crippen molar-refractivity contribution in [1.82, 2.24) is 5.32 Å². The van der Waals surface area contributed by atoms with Crippen molar-refractivity contribution in [3.63, 3.8) is 0 Å². The van der Waals surface area contributed by atoms with Crippen LogP contribution in [0.15, 0.2) is 12.7 Å². The molecular weight excluding hydrogens is 226 g/mol. The van der Waals surface area contributed by atoms with Crippen LogP contribution < -0.4 is 5.32 Å². The topological polar surface area (TPSA) is 46.2 Å². The van der Waals surface area contributed by atoms with Crippen molar-refractivity contribution >= 4 is 12.2 Å². The fourth-order valence-corrected chi connectivity index (χ4v) is 1.68. The highest BCUT2D eigenvalue weighted by atomic mass is 16.2. The van der Waals surface area contributed by atoms with Crippen LogP contribution in [0.5, 0.6) is 0 Å². The van der Waals surface area contributed by atoms with Gasteiger partial charge in [-0.25, -0.2) is 0 Å². The monoisotopic (exact) mass is 255 g/mol. The summed E-state index contributed by atoms with van der Waals surface area (Å²) in [7, 11) is 0. The van der Waals surface area contributed by atoms with E-state index in [0.717, 1.165) is 11.8 Å². The van der Waals surface area contributed by atoms with Gasteiger partial charge in [0, 0.05) is 6.54 Å². The normalized spacial score (nSPS) is 15.0. The van der Waals surface area contributed by atoms with Crippen LogP contribution in [0.4, 0.5) is 0 Å². The number of carbonyl (C=O) groups excluding carboxylic acids is 2. The molecule has 0 spiro atoms. The third kappa shape index (κ3) is 10.1. The molecule has 106 valence electrons. The van der Waals surface area contributed by atoms with Crippen molar-refractivity contribution in [1.29, 1.82) is 0 Å². The van der Waals surface area contributed by atoms with Crippen molar-refractivity contribution in [2.45, 2.75) is 53.4 Å². The maximum Gasteiger partial charge on any atom is 0.284 e. The third-order valence-corrected chi connectivity index (χ3v) is 3.19. The van der Waals surface area contributed by atoms with E-state index in [4.69, 9.17) is 0 Å². The van der Waals surface area contributed by atoms with Crippen LogP contribution >= 0.6 is 0 Å². The Labute approximate surface area is 112 Å². The lowest BCUT2D eigenvalue weighted by molar-refractivity contribution is -0.131. The van der Waals surface area contributed by atoms with E-state index in [9.17, 15) is 9.59 Å². The summed E-state index contributed by atoms with van der Waals surface area (Å²) in [6, 6.07) is 0. The Morgan fingerprint density at radius 1 is 1.50 bits per heavy atom. The van der Waals surface area contributed by atoms with E-state index in [1.807, 2.05) is 0 Å². The smallest absolute Gasteiger partial charge is 0.284 e. The fourth-order valence-electron chi connectivity index (χ4n) is 1.68. The Balaban J connectivity index is 0. The average molecular weight is 255 g/mol. The Kier molecular flexibility index (Phi) is 13.2. The van der Waals surface area contributed by atoms with Crippen molar-refractivity contribution in [3.05, 3.63) is 12.7 Å². The maximum atomic E-state index is 10.0. The predicted molar refractivity (Wildman–Crippen MR) is 77.4 cm³/mol. The average Bonchev–Trinajstić information content (AvgIpc) is 2.31. The lowest BCUT2D eigenvalue weighted by atomic mass is 9.79. The van der Waals surface area contributed by atoms with Gasteiger partial charge in [-0.05, 0) is 18.3 Å². The van der Waals surface area contributed by atoms with Gasteiger partial charge in [0.2, 0.25) is 6.29 Å². The summed E-state index contributed by atoms with van der Waals surface area (Å²) in [5.74, 6) is 1.49. The van der Waals surface area contributed by atoms with Crippen LogP contribution in [-0.2, 0) is 9.59 Å². The number of aldehydes is 1. The molecule has 1 rings (SSSR count). The molecule has 0 radical (unpaired) electrons. The lowest BCUT2D eigenvalue weighted by Crippen LogP contribution is -2.23. The molecule has 1 N–H and O–H groups in total. The minimum atomic E-state index is -0.607. The standard InChI is InChI=1S/C9H18.C5H7NO2.CH4/c1-3-8(2)7-9-5-4-6-9;1-2-3-6-5(8)4-7;/h8-9H,3-7H2,1-2H3;2,4H,1,3H2,(H,6,8);1H4. The minimum Gasteiger partial charge on any atom is -0.346 e. The summed E-state index contributed by atoms with van der Waals surface area (Å²) in [6.45, 7) is 8.35. The van der Waals surface area contributed by atoms with Crippen molar-refractivity contribution in [3.8, 4) is 0 Å². The second-order valence-electron chi connectivity index (χ2n) is 4.70. The first-order valence-corrected chi connectivity index (χ1v) is 6.47. The number of hydrogen-bond acceptors (Lipinski definition) is 2. The first kappa shape index (κ1) is 19.2. The SMILES string of the molecule is C.C=CCNC(=O)C=O.CCC(C)CC1CCC1. The highest BCUT2D eigenvalue weighted by molar-refractivity contribution is 6.23. The second kappa shape index (κ2) is 12.3. The third-order valence-electron chi connectivity index (χ3n) is 3.19. The van der Waals surface area contributed by atoms with E-state index in [1.165, 1.54) is 38.2 Å². The van der Waals surface area contributed by atoms with Gasteiger partial charge in [0.1, 0.15) is 0 Å². The minimum absolute atomic E-state index is 0. The number of hydrogen-bond donors (Lipinski definition) is 1. The first-order chi connectivity index (χ1) is 8.13. The number of nitrogens with one attached hydrogen (secondary N) is 1. The summed E-state index contributed by atoms with van der Waals surface area (Å²) in [5, 5.41) is 2.26. The van der Waals surface area contributed by atoms with Gasteiger partial charge in [-0.1, -0.05) is 53.0 Å². The van der Waals surface area contributed by atoms with Crippen molar-refractivity contribution < 1.29 is 9.59 Å². The highest BCUT2D eigenvalue weighted by Crippen LogP contribution is 2.32. The quantitative estimate of drug-likeness (QED) is 0.449. The molecule has 3 nitrogen and oxygen atoms in total. The maximum absolute atomic E-state index is 10.0. The van der Waals surface area contributed by atoms with Gasteiger partial charge in [0.05, 0.1) is 0 Å². The summed E-state index contributed by atoms with van der Waals surface area (Å²) in [6.07, 6.45) is 9.13. The van der Waals surface area contributed by atoms with Crippen LogP contribution in [-0.4, -0.2) is 18.7 Å². The highest BCUT2D eigenvalue weighted by Gasteiger charge is 2.18. The van der Waals surface area contributed by atoms with Gasteiger partial charge >= 0.3 is 0 Å². The Morgan fingerprint density at radius 3 is 2.44 bits per heavy atom. The molecule has 1 aliphatic rings. The van der Waals surface area contributed by atoms with Crippen LogP contribution in [0, 0.1) is 11.8 Å². The fraction of sp³-hybridized carbons (Fsp3) is 0.733. The number of rotatable bonds is 6. The van der Waals surface area contributed by atoms with E-state index < -0.39 is 5.91 Å². The molecule has 0 bridgehead atoms. The molecule has 0 aromatic heterocycles. The molecule has 1 aliphatic carbocycles. The molecular formula is C15H29NO2. The number of carbonyl (C=O) groups is 2. The molecule has 1 atom stereocenters. The number of amides is 1. The van der Waals surface area contributed by atoms with E-state index in [0.29, 0.717) is 6.54 Å². The summed E-state index contributed by atoms with van der Waals surface area (Å²) in [5.41, 5.74) is 0. The zero-order valence-electron chi connectivity index (χ0n) is 11.1. The van der Waals surface area contributed by atoms with Gasteiger partial charge in [-0.2, -0.15) is 0 Å². The van der Waals surface area contributed by atoms with Crippen LogP contribution in [0.25, 0.3) is 0 Å². The van der Waals surface area contributed by atoms with Crippen molar-refractivity contribution in [2.24, 2.45) is 11.8 Å². The Hall–Kier alpha value is -1.12. The molecule has 1 unspecified atom stereocenters. The zero-order valence-corrected chi connectivity index (χ0v) is 11.1. The van der Waals surface area contributed by atoms with E-state index in [2.05, 4.69) is 25.7 Å². The molecule has 0 heterocycles. The molecule has 0 saturated heterocycles. The van der Waals surface area contributed by atoms with Crippen molar-refractivity contribution in [2.75, 3.05) is 6.54 Å². The van der Waals surface area contributed by atoms with Gasteiger partial charge in [-0.15, -0.1) is 6.58 Å². The van der Waals surface area contributed by atoms with E-state index >= 15 is 0 Å². The lowest BCUT2D eigenvalue weighted by Gasteiger charge is -2.27. The zero-order chi connectivity index (χ0) is 13.1. The predicted octanol–water partition coefficient (Wildman–Crippen LogP) is 3.35. The molecule has 3 heteroatoms. The van der Waals surface area contributed by atoms with Crippen LogP contribution in [0.3, 0.4) is 0 Å². The molecule has 1 amide bonds. The second-order valence-corrected chi connectivity index (χ2v) is 4.70. The molecule has 0 aromatic carbocycles. The molecule has 0 aliphatic heterocycles. The Morgan fingerprint density at radius 2 is 2.11 bits per heavy atom. The van der Waals surface area contributed by atoms with E-state index in [-0.39, 0.29) is 13.7 Å². The largest absolute Gasteiger partial charge is 0.346 e. The summed E-state index contributed by atoms with van der Waals surface area (Å²) in [4.78, 5) is 19.6. The van der Waals surface area contributed by atoms with Gasteiger partial charge in [0.15, 0.2) is 0 Å². The van der Waals surface area contributed by atoms with Gasteiger partial charge < -0.3 is 5.32 Å². The van der Waals surface area contributed by atoms with E-state index in [1.54, 1.807) is 0 Å². The Bertz CT molecular complexity index is 232. The molecule has 1 fully saturated rings. The molecule has 1 saturated carbocycles. The molecule has 18 heavy (non-hydrogen) atoms. The van der Waals surface area contributed by atoms with Crippen LogP contribution in [0.1, 0.15) is 53.4 Å². The van der Waals surface area contributed by atoms with Crippen LogP contribution in [0.2, 0.25) is 0 Å². The summed E-state index contributed by atoms with van der Waals surface area (Å²) < 4.78 is 0. The first-order valence-electron chi connectivity index (χ1n) is 6.47. The summed E-state index contributed by atoms with van der Waals surface area (Å²) >= 11 is 0. The van der Waals surface area contributed by atoms with Gasteiger partial charge in [0.25, 0.3) is 5.91 Å². The van der Waals surface area contributed by atoms with Gasteiger partial charge in [-0.3, -0.25) is 9.59 Å². The molecule has 0 aromatic rings.